The first-order chi connectivity index (χ1) is 3.70. The van der Waals surface area contributed by atoms with Crippen LogP contribution in [0.2, 0.25) is 0 Å². The first-order valence-electron chi connectivity index (χ1n) is 2.06. The molecule has 1 unspecified atom stereocenters. The molecule has 3 amide bonds. The van der Waals surface area contributed by atoms with Gasteiger partial charge < -0.3 is 16.4 Å². The second-order valence-electron chi connectivity index (χ2n) is 1.45. The van der Waals surface area contributed by atoms with E-state index < -0.39 is 12.2 Å². The second kappa shape index (κ2) is 1.36. The van der Waals surface area contributed by atoms with Gasteiger partial charge in [0.25, 0.3) is 5.91 Å². The highest BCUT2D eigenvalue weighted by Gasteiger charge is 2.34. The van der Waals surface area contributed by atoms with Crippen molar-refractivity contribution in [3.05, 3.63) is 0 Å². The lowest BCUT2D eigenvalue weighted by Gasteiger charge is -1.88. The Morgan fingerprint density at radius 3 is 2.50 bits per heavy atom. The molecule has 1 aliphatic heterocycles. The standard InChI is InChI=1S/C3H5N3O2/c4-3(8)6-1-2(7)5-1/h1H,(H,5,7)(H3,4,6,8). The van der Waals surface area contributed by atoms with Crippen LogP contribution in [0.3, 0.4) is 0 Å². The Labute approximate surface area is 45.2 Å². The van der Waals surface area contributed by atoms with Crippen LogP contribution in [-0.4, -0.2) is 18.1 Å². The van der Waals surface area contributed by atoms with Gasteiger partial charge in [-0.25, -0.2) is 4.79 Å². The van der Waals surface area contributed by atoms with Crippen LogP contribution in [0.25, 0.3) is 0 Å². The molecule has 1 heterocycles. The van der Waals surface area contributed by atoms with Crippen LogP contribution in [-0.2, 0) is 4.79 Å². The van der Waals surface area contributed by atoms with Crippen LogP contribution in [0.1, 0.15) is 0 Å². The molecule has 1 saturated heterocycles. The van der Waals surface area contributed by atoms with Crippen molar-refractivity contribution in [1.29, 1.82) is 0 Å². The SMILES string of the molecule is NC(=O)NC1NC1=O. The molecular weight excluding hydrogens is 110 g/mol. The quantitative estimate of drug-likeness (QED) is 0.348. The number of primary amides is 1. The zero-order valence-corrected chi connectivity index (χ0v) is 3.97. The molecule has 5 nitrogen and oxygen atoms in total. The predicted octanol–water partition coefficient (Wildman–Crippen LogP) is -1.89. The van der Waals surface area contributed by atoms with Gasteiger partial charge in [-0.15, -0.1) is 0 Å². The van der Waals surface area contributed by atoms with E-state index in [9.17, 15) is 9.59 Å². The van der Waals surface area contributed by atoms with E-state index in [1.165, 1.54) is 0 Å². The number of nitrogens with two attached hydrogens (primary N) is 1. The molecule has 1 aliphatic rings. The summed E-state index contributed by atoms with van der Waals surface area (Å²) in [5, 5.41) is 4.46. The van der Waals surface area contributed by atoms with Gasteiger partial charge in [0.15, 0.2) is 6.17 Å². The minimum absolute atomic E-state index is 0.191. The van der Waals surface area contributed by atoms with Crippen LogP contribution in [0, 0.1) is 0 Å². The van der Waals surface area contributed by atoms with Gasteiger partial charge in [-0.3, -0.25) is 4.79 Å². The fourth-order valence-electron chi connectivity index (χ4n) is 0.344. The fourth-order valence-corrected chi connectivity index (χ4v) is 0.344. The molecule has 0 radical (unpaired) electrons. The summed E-state index contributed by atoms with van der Waals surface area (Å²) in [5.74, 6) is -0.191. The fraction of sp³-hybridized carbons (Fsp3) is 0.333. The summed E-state index contributed by atoms with van der Waals surface area (Å²) in [7, 11) is 0. The molecule has 1 rings (SSSR count). The van der Waals surface area contributed by atoms with Crippen LogP contribution in [0.5, 0.6) is 0 Å². The molecule has 0 aromatic rings. The Morgan fingerprint density at radius 2 is 2.38 bits per heavy atom. The minimum Gasteiger partial charge on any atom is -0.352 e. The molecule has 4 N–H and O–H groups in total. The lowest BCUT2D eigenvalue weighted by molar-refractivity contribution is -0.111. The average Bonchev–Trinajstić information content (AvgIpc) is 2.17. The van der Waals surface area contributed by atoms with E-state index in [1.807, 2.05) is 0 Å². The van der Waals surface area contributed by atoms with Crippen molar-refractivity contribution in [3.63, 3.8) is 0 Å². The molecule has 5 heteroatoms. The van der Waals surface area contributed by atoms with Gasteiger partial charge >= 0.3 is 6.03 Å². The molecule has 44 valence electrons. The van der Waals surface area contributed by atoms with Crippen LogP contribution < -0.4 is 16.4 Å². The van der Waals surface area contributed by atoms with E-state index in [0.717, 1.165) is 0 Å². The molecule has 0 saturated carbocycles. The first-order valence-corrected chi connectivity index (χ1v) is 2.06. The van der Waals surface area contributed by atoms with Gasteiger partial charge in [0.05, 0.1) is 0 Å². The highest BCUT2D eigenvalue weighted by Crippen LogP contribution is 1.91. The Morgan fingerprint density at radius 1 is 1.88 bits per heavy atom. The van der Waals surface area contributed by atoms with Gasteiger partial charge in [0, 0.05) is 0 Å². The molecule has 1 atom stereocenters. The van der Waals surface area contributed by atoms with Crippen molar-refractivity contribution < 1.29 is 9.59 Å². The lowest BCUT2D eigenvalue weighted by atomic mass is 10.7. The molecule has 0 aromatic heterocycles. The van der Waals surface area contributed by atoms with Gasteiger partial charge in [-0.1, -0.05) is 0 Å². The van der Waals surface area contributed by atoms with Gasteiger partial charge in [-0.05, 0) is 0 Å². The third-order valence-corrected chi connectivity index (χ3v) is 0.752. The molecule has 0 bridgehead atoms. The van der Waals surface area contributed by atoms with Crippen LogP contribution >= 0.6 is 0 Å². The molecule has 0 aromatic carbocycles. The average molecular weight is 115 g/mol. The van der Waals surface area contributed by atoms with Gasteiger partial charge in [0.2, 0.25) is 0 Å². The summed E-state index contributed by atoms with van der Waals surface area (Å²) in [4.78, 5) is 20.0. The third kappa shape index (κ3) is 0.868. The molecule has 1 fully saturated rings. The molecule has 0 aliphatic carbocycles. The highest BCUT2D eigenvalue weighted by atomic mass is 16.2. The summed E-state index contributed by atoms with van der Waals surface area (Å²) >= 11 is 0. The number of carbonyl (C=O) groups is 2. The zero-order chi connectivity index (χ0) is 6.15. The van der Waals surface area contributed by atoms with E-state index in [-0.39, 0.29) is 5.91 Å². The van der Waals surface area contributed by atoms with Gasteiger partial charge in [-0.2, -0.15) is 0 Å². The van der Waals surface area contributed by atoms with Gasteiger partial charge in [0.1, 0.15) is 0 Å². The van der Waals surface area contributed by atoms with Crippen molar-refractivity contribution in [2.24, 2.45) is 5.73 Å². The summed E-state index contributed by atoms with van der Waals surface area (Å²) in [6.07, 6.45) is -0.521. The zero-order valence-electron chi connectivity index (χ0n) is 3.97. The van der Waals surface area contributed by atoms with Crippen molar-refractivity contribution in [2.45, 2.75) is 6.17 Å². The maximum Gasteiger partial charge on any atom is 0.314 e. The Balaban J connectivity index is 2.23. The number of urea groups is 1. The third-order valence-electron chi connectivity index (χ3n) is 0.752. The number of hydrogen-bond donors (Lipinski definition) is 3. The number of amides is 3. The van der Waals surface area contributed by atoms with Crippen molar-refractivity contribution in [2.75, 3.05) is 0 Å². The molecule has 0 spiro atoms. The van der Waals surface area contributed by atoms with E-state index in [2.05, 4.69) is 16.4 Å². The minimum atomic E-state index is -0.687. The van der Waals surface area contributed by atoms with E-state index >= 15 is 0 Å². The van der Waals surface area contributed by atoms with E-state index in [0.29, 0.717) is 0 Å². The second-order valence-corrected chi connectivity index (χ2v) is 1.45. The Hall–Kier alpha value is -1.26. The maximum atomic E-state index is 10.0. The summed E-state index contributed by atoms with van der Waals surface area (Å²) in [5.41, 5.74) is 4.65. The smallest absolute Gasteiger partial charge is 0.314 e. The van der Waals surface area contributed by atoms with Crippen molar-refractivity contribution >= 4 is 11.9 Å². The number of carbonyl (C=O) groups excluding carboxylic acids is 2. The van der Waals surface area contributed by atoms with E-state index in [4.69, 9.17) is 0 Å². The molecule has 8 heavy (non-hydrogen) atoms. The Kier molecular flexibility index (Phi) is 0.831. The first kappa shape index (κ1) is 4.89. The summed E-state index contributed by atoms with van der Waals surface area (Å²) in [6.45, 7) is 0. The van der Waals surface area contributed by atoms with Crippen molar-refractivity contribution in [1.82, 2.24) is 10.6 Å². The summed E-state index contributed by atoms with van der Waals surface area (Å²) in [6, 6.07) is -0.687. The van der Waals surface area contributed by atoms with Crippen molar-refractivity contribution in [3.8, 4) is 0 Å². The largest absolute Gasteiger partial charge is 0.352 e. The van der Waals surface area contributed by atoms with Crippen LogP contribution in [0.4, 0.5) is 4.79 Å². The number of nitrogens with one attached hydrogen (secondary N) is 2. The Bertz CT molecular complexity index is 143. The van der Waals surface area contributed by atoms with E-state index in [1.54, 1.807) is 0 Å². The maximum absolute atomic E-state index is 10.0. The van der Waals surface area contributed by atoms with Crippen LogP contribution in [0.15, 0.2) is 0 Å². The number of hydrogen-bond acceptors (Lipinski definition) is 2. The monoisotopic (exact) mass is 115 g/mol. The lowest BCUT2D eigenvalue weighted by Crippen LogP contribution is -2.33. The topological polar surface area (TPSA) is 94.1 Å². The number of rotatable bonds is 1. The predicted molar refractivity (Wildman–Crippen MR) is 24.6 cm³/mol. The molecular formula is C3H5N3O2. The highest BCUT2D eigenvalue weighted by molar-refractivity contribution is 5.98. The summed E-state index contributed by atoms with van der Waals surface area (Å²) < 4.78 is 0. The normalized spacial score (nSPS) is 24.0.